The molecule has 7 N–H and O–H groups in total. The molecule has 5 unspecified atom stereocenters. The van der Waals surface area contributed by atoms with Gasteiger partial charge in [0.2, 0.25) is 0 Å². The minimum Gasteiger partial charge on any atom is -0.462 e. The van der Waals surface area contributed by atoms with E-state index in [4.69, 9.17) is 28.3 Å². The van der Waals surface area contributed by atoms with Crippen molar-refractivity contribution in [2.24, 2.45) is 0 Å². The summed E-state index contributed by atoms with van der Waals surface area (Å²) >= 11 is 0. The summed E-state index contributed by atoms with van der Waals surface area (Å²) in [5.41, 5.74) is 0. The van der Waals surface area contributed by atoms with Gasteiger partial charge in [-0.15, -0.1) is 0 Å². The van der Waals surface area contributed by atoms with E-state index in [1.54, 1.807) is 0 Å². The van der Waals surface area contributed by atoms with Gasteiger partial charge in [-0.25, -0.2) is 9.13 Å². The number of hydrogen-bond donors (Lipinski definition) is 7. The number of hydrogen-bond acceptors (Lipinski definition) is 13. The number of phosphoric acid groups is 2. The summed E-state index contributed by atoms with van der Waals surface area (Å²) < 4.78 is 49.3. The van der Waals surface area contributed by atoms with Gasteiger partial charge in [0.25, 0.3) is 0 Å². The van der Waals surface area contributed by atoms with Crippen molar-refractivity contribution in [1.29, 1.82) is 0 Å². The second-order valence-electron chi connectivity index (χ2n) is 16.5. The summed E-state index contributed by atoms with van der Waals surface area (Å²) in [6, 6.07) is 0. The standard InChI is InChI=1S/C43H82O16P2/c1-3-5-7-9-11-13-15-17-18-20-21-23-25-27-29-31-36(44)55-33-35(57-37(45)32-30-28-26-24-22-19-16-14-12-10-8-6-4-2)34-56-61(53,54)59-43-40(48)38(46)39(47)42(41(43)49)58-60(50,51)52/h17-18,35,38-43,46-49H,3-16,19-34H2,1-2H3,(H,53,54)(H2,50,51,52)/t35-,38?,39?,40?,41?,42-,43+/m1/s1. The van der Waals surface area contributed by atoms with Gasteiger partial charge in [0.15, 0.2) is 6.10 Å². The second kappa shape index (κ2) is 35.1. The Labute approximate surface area is 365 Å². The first-order valence-corrected chi connectivity index (χ1v) is 26.3. The van der Waals surface area contributed by atoms with E-state index in [-0.39, 0.29) is 12.8 Å². The minimum atomic E-state index is -5.36. The highest BCUT2D eigenvalue weighted by Gasteiger charge is 2.54. The lowest BCUT2D eigenvalue weighted by molar-refractivity contribution is -0.216. The third kappa shape index (κ3) is 29.7. The molecule has 16 nitrogen and oxygen atoms in total. The number of carbonyl (C=O) groups excluding carboxylic acids is 2. The van der Waals surface area contributed by atoms with Gasteiger partial charge in [-0.1, -0.05) is 154 Å². The van der Waals surface area contributed by atoms with Crippen molar-refractivity contribution in [3.63, 3.8) is 0 Å². The van der Waals surface area contributed by atoms with Crippen LogP contribution in [0.25, 0.3) is 0 Å². The normalized spacial score (nSPS) is 22.3. The molecular weight excluding hydrogens is 834 g/mol. The van der Waals surface area contributed by atoms with E-state index in [2.05, 4.69) is 30.5 Å². The summed E-state index contributed by atoms with van der Waals surface area (Å²) in [5, 5.41) is 41.2. The number of esters is 2. The molecule has 0 bridgehead atoms. The van der Waals surface area contributed by atoms with Crippen LogP contribution in [0.4, 0.5) is 0 Å². The van der Waals surface area contributed by atoms with Crippen molar-refractivity contribution in [2.75, 3.05) is 13.2 Å². The number of ether oxygens (including phenoxy) is 2. The van der Waals surface area contributed by atoms with Gasteiger partial charge in [0, 0.05) is 12.8 Å². The summed E-state index contributed by atoms with van der Waals surface area (Å²) in [7, 11) is -10.7. The monoisotopic (exact) mass is 917 g/mol. The van der Waals surface area contributed by atoms with Crippen LogP contribution in [-0.2, 0) is 41.8 Å². The zero-order valence-corrected chi connectivity index (χ0v) is 38.9. The van der Waals surface area contributed by atoms with Crippen LogP contribution in [0.5, 0.6) is 0 Å². The number of aliphatic hydroxyl groups excluding tert-OH is 4. The Balaban J connectivity index is 2.60. The predicted molar refractivity (Wildman–Crippen MR) is 232 cm³/mol. The summed E-state index contributed by atoms with van der Waals surface area (Å²) in [6.07, 6.45) is 18.9. The second-order valence-corrected chi connectivity index (χ2v) is 19.1. The third-order valence-electron chi connectivity index (χ3n) is 10.8. The molecule has 0 spiro atoms. The fourth-order valence-electron chi connectivity index (χ4n) is 7.20. The van der Waals surface area contributed by atoms with E-state index in [0.717, 1.165) is 64.2 Å². The Kier molecular flexibility index (Phi) is 33.2. The Hall–Kier alpha value is -1.26. The van der Waals surface area contributed by atoms with Gasteiger partial charge in [0.1, 0.15) is 43.2 Å². The summed E-state index contributed by atoms with van der Waals surface area (Å²) in [4.78, 5) is 54.2. The average Bonchev–Trinajstić information content (AvgIpc) is 3.21. The van der Waals surface area contributed by atoms with Crippen LogP contribution in [0.3, 0.4) is 0 Å². The highest BCUT2D eigenvalue weighted by Crippen LogP contribution is 2.49. The zero-order valence-electron chi connectivity index (χ0n) is 37.1. The maximum absolute atomic E-state index is 13.0. The van der Waals surface area contributed by atoms with Crippen LogP contribution in [0.1, 0.15) is 194 Å². The van der Waals surface area contributed by atoms with Crippen LogP contribution in [0, 0.1) is 0 Å². The Morgan fingerprint density at radius 3 is 1.34 bits per heavy atom. The first-order valence-electron chi connectivity index (χ1n) is 23.2. The molecule has 1 aliphatic rings. The summed E-state index contributed by atoms with van der Waals surface area (Å²) in [6.45, 7) is 3.10. The molecule has 1 aliphatic carbocycles. The zero-order chi connectivity index (χ0) is 45.4. The Morgan fingerprint density at radius 1 is 0.508 bits per heavy atom. The lowest BCUT2D eigenvalue weighted by Crippen LogP contribution is -2.64. The van der Waals surface area contributed by atoms with Gasteiger partial charge < -0.3 is 44.6 Å². The minimum absolute atomic E-state index is 0.0477. The quantitative estimate of drug-likeness (QED) is 0.0132. The molecule has 8 atom stereocenters. The number of unbranched alkanes of at least 4 members (excludes halogenated alkanes) is 23. The van der Waals surface area contributed by atoms with Crippen molar-refractivity contribution in [2.45, 2.75) is 236 Å². The molecule has 0 aromatic rings. The van der Waals surface area contributed by atoms with E-state index in [0.29, 0.717) is 12.8 Å². The number of allylic oxidation sites excluding steroid dienone is 2. The van der Waals surface area contributed by atoms with E-state index in [1.807, 2.05) is 0 Å². The van der Waals surface area contributed by atoms with E-state index in [9.17, 15) is 44.0 Å². The fourth-order valence-corrected chi connectivity index (χ4v) is 8.74. The Morgan fingerprint density at radius 2 is 0.902 bits per heavy atom. The van der Waals surface area contributed by atoms with Crippen molar-refractivity contribution >= 4 is 27.6 Å². The first kappa shape index (κ1) is 57.8. The molecular formula is C43H82O16P2. The lowest BCUT2D eigenvalue weighted by atomic mass is 9.85. The number of phosphoric ester groups is 2. The molecule has 0 aliphatic heterocycles. The molecule has 1 saturated carbocycles. The molecule has 360 valence electrons. The number of aliphatic hydroxyl groups is 4. The van der Waals surface area contributed by atoms with Gasteiger partial charge in [-0.2, -0.15) is 0 Å². The highest BCUT2D eigenvalue weighted by atomic mass is 31.2. The van der Waals surface area contributed by atoms with Gasteiger partial charge >= 0.3 is 27.6 Å². The smallest absolute Gasteiger partial charge is 0.462 e. The van der Waals surface area contributed by atoms with E-state index < -0.39 is 83.5 Å². The van der Waals surface area contributed by atoms with Crippen LogP contribution < -0.4 is 0 Å². The van der Waals surface area contributed by atoms with Crippen LogP contribution in [0.15, 0.2) is 12.2 Å². The van der Waals surface area contributed by atoms with Crippen molar-refractivity contribution < 1.29 is 76.9 Å². The third-order valence-corrected chi connectivity index (χ3v) is 12.3. The average molecular weight is 917 g/mol. The maximum atomic E-state index is 13.0. The van der Waals surface area contributed by atoms with E-state index >= 15 is 0 Å². The van der Waals surface area contributed by atoms with Crippen molar-refractivity contribution in [1.82, 2.24) is 0 Å². The van der Waals surface area contributed by atoms with Gasteiger partial charge in [0.05, 0.1) is 6.61 Å². The summed E-state index contributed by atoms with van der Waals surface area (Å²) in [5.74, 6) is -1.21. The molecule has 0 aromatic heterocycles. The van der Waals surface area contributed by atoms with Crippen LogP contribution in [-0.4, -0.2) is 103 Å². The molecule has 0 radical (unpaired) electrons. The molecule has 18 heteroatoms. The topological polar surface area (TPSA) is 256 Å². The molecule has 0 saturated heterocycles. The Bertz CT molecular complexity index is 1250. The SMILES string of the molecule is CCCCCCCCC=CCCCCCCCC(=O)OC[C@H](COP(=O)(O)O[C@H]1C(O)C(O)C(O)[C@@H](OP(=O)(O)O)C1O)OC(=O)CCCCCCCCCCCCCCC. The highest BCUT2D eigenvalue weighted by molar-refractivity contribution is 7.47. The maximum Gasteiger partial charge on any atom is 0.472 e. The molecule has 0 amide bonds. The first-order chi connectivity index (χ1) is 29.1. The predicted octanol–water partition coefficient (Wildman–Crippen LogP) is 8.40. The number of carbonyl (C=O) groups is 2. The van der Waals surface area contributed by atoms with Crippen LogP contribution >= 0.6 is 15.6 Å². The fraction of sp³-hybridized carbons (Fsp3) is 0.907. The molecule has 1 rings (SSSR count). The largest absolute Gasteiger partial charge is 0.472 e. The van der Waals surface area contributed by atoms with Gasteiger partial charge in [-0.05, 0) is 38.5 Å². The van der Waals surface area contributed by atoms with Gasteiger partial charge in [-0.3, -0.25) is 23.2 Å². The van der Waals surface area contributed by atoms with Crippen molar-refractivity contribution in [3.8, 4) is 0 Å². The van der Waals surface area contributed by atoms with Crippen molar-refractivity contribution in [3.05, 3.63) is 12.2 Å². The molecule has 0 aromatic carbocycles. The molecule has 1 fully saturated rings. The molecule has 61 heavy (non-hydrogen) atoms. The van der Waals surface area contributed by atoms with E-state index in [1.165, 1.54) is 89.9 Å². The lowest BCUT2D eigenvalue weighted by Gasteiger charge is -2.43. The molecule has 0 heterocycles. The number of rotatable bonds is 39. The van der Waals surface area contributed by atoms with Crippen LogP contribution in [0.2, 0.25) is 0 Å².